The lowest BCUT2D eigenvalue weighted by atomic mass is 10.1. The topological polar surface area (TPSA) is 184 Å². The van der Waals surface area contributed by atoms with Crippen molar-refractivity contribution in [1.82, 2.24) is 0 Å². The number of rotatable bonds is 6. The molecule has 0 saturated heterocycles. The van der Waals surface area contributed by atoms with Crippen LogP contribution in [0.3, 0.4) is 0 Å². The predicted octanol–water partition coefficient (Wildman–Crippen LogP) is 5.80. The van der Waals surface area contributed by atoms with E-state index in [2.05, 4.69) is 0 Å². The van der Waals surface area contributed by atoms with Crippen LogP contribution in [0.4, 0.5) is 0 Å². The minimum absolute atomic E-state index is 0.0137. The number of aliphatic carboxylic acids is 1. The largest absolute Gasteiger partial charge is 0.584 e. The van der Waals surface area contributed by atoms with Gasteiger partial charge in [-0.25, -0.2) is 18.9 Å². The van der Waals surface area contributed by atoms with E-state index in [4.69, 9.17) is 27.4 Å². The number of hydrogen-bond acceptors (Lipinski definition) is 10. The molecular weight excluding hydrogens is 607 g/mol. The van der Waals surface area contributed by atoms with Crippen LogP contribution >= 0.6 is 7.82 Å². The molecule has 0 saturated carbocycles. The van der Waals surface area contributed by atoms with Crippen LogP contribution in [0.1, 0.15) is 22.3 Å². The van der Waals surface area contributed by atoms with Gasteiger partial charge >= 0.3 is 30.7 Å². The molecule has 0 amide bonds. The smallest absolute Gasteiger partial charge is 0.481 e. The standard InChI is InChI=1S/C20H15O8P.C12H10O4/c1-11-7-19(21)25-17-9-13(3-5-15(11)17)27-29(23,24)28-14-4-6-16-12(2)8-20(22)26-18(16)10-14;1-7-4-12(15)16-10-5-8(6-11(13)14)2-3-9(7)10/h3-10H,1-2H3,(H,23,24);2-5H,6H2,1H3,(H,13,14). The van der Waals surface area contributed by atoms with E-state index in [1.165, 1.54) is 42.5 Å². The molecule has 0 aliphatic rings. The zero-order valence-corrected chi connectivity index (χ0v) is 25.0. The van der Waals surface area contributed by atoms with Crippen LogP contribution in [-0.2, 0) is 15.8 Å². The molecule has 0 aliphatic heterocycles. The molecule has 230 valence electrons. The Bertz CT molecular complexity index is 2230. The first kappa shape index (κ1) is 31.0. The third kappa shape index (κ3) is 7.38. The molecule has 0 atom stereocenters. The molecule has 12 nitrogen and oxygen atoms in total. The van der Waals surface area contributed by atoms with Gasteiger partial charge in [0.1, 0.15) is 28.2 Å². The summed E-state index contributed by atoms with van der Waals surface area (Å²) in [7, 11) is -4.58. The lowest BCUT2D eigenvalue weighted by molar-refractivity contribution is -0.136. The van der Waals surface area contributed by atoms with E-state index >= 15 is 0 Å². The van der Waals surface area contributed by atoms with Crippen molar-refractivity contribution in [2.45, 2.75) is 27.2 Å². The highest BCUT2D eigenvalue weighted by Gasteiger charge is 2.26. The number of aryl methyl sites for hydroxylation is 3. The van der Waals surface area contributed by atoms with Gasteiger partial charge in [-0.05, 0) is 73.4 Å². The Hall–Kier alpha value is -5.45. The molecule has 0 unspecified atom stereocenters. The summed E-state index contributed by atoms with van der Waals surface area (Å²) in [4.78, 5) is 54.9. The van der Waals surface area contributed by atoms with Crippen LogP contribution in [0.15, 0.2) is 100 Å². The van der Waals surface area contributed by atoms with Crippen molar-refractivity contribution in [2.24, 2.45) is 0 Å². The maximum atomic E-state index is 12.4. The van der Waals surface area contributed by atoms with E-state index in [0.717, 1.165) is 10.9 Å². The van der Waals surface area contributed by atoms with Crippen LogP contribution in [0.5, 0.6) is 11.5 Å². The summed E-state index contributed by atoms with van der Waals surface area (Å²) in [5.74, 6) is -0.935. The Morgan fingerprint density at radius 1 is 0.644 bits per heavy atom. The summed E-state index contributed by atoms with van der Waals surface area (Å²) >= 11 is 0. The molecule has 3 aromatic heterocycles. The third-order valence-electron chi connectivity index (χ3n) is 6.66. The lowest BCUT2D eigenvalue weighted by Crippen LogP contribution is -2.02. The van der Waals surface area contributed by atoms with Crippen LogP contribution in [0.2, 0.25) is 0 Å². The number of phosphoric acid groups is 1. The first-order valence-corrected chi connectivity index (χ1v) is 14.8. The van der Waals surface area contributed by atoms with Crippen LogP contribution in [0.25, 0.3) is 32.9 Å². The number of phosphoric ester groups is 1. The van der Waals surface area contributed by atoms with Crippen molar-refractivity contribution in [3.05, 3.63) is 126 Å². The molecule has 0 spiro atoms. The lowest BCUT2D eigenvalue weighted by Gasteiger charge is -2.14. The summed E-state index contributed by atoms with van der Waals surface area (Å²) < 4.78 is 37.8. The maximum Gasteiger partial charge on any atom is 0.584 e. The quantitative estimate of drug-likeness (QED) is 0.166. The maximum absolute atomic E-state index is 12.4. The van der Waals surface area contributed by atoms with Crippen molar-refractivity contribution in [3.8, 4) is 11.5 Å². The minimum atomic E-state index is -4.58. The fourth-order valence-electron chi connectivity index (χ4n) is 4.66. The molecule has 3 heterocycles. The number of benzene rings is 3. The molecule has 13 heteroatoms. The Balaban J connectivity index is 0.000000211. The highest BCUT2D eigenvalue weighted by molar-refractivity contribution is 7.48. The highest BCUT2D eigenvalue weighted by Crippen LogP contribution is 2.45. The third-order valence-corrected chi connectivity index (χ3v) is 7.54. The molecule has 0 fully saturated rings. The van der Waals surface area contributed by atoms with Crippen molar-refractivity contribution in [2.75, 3.05) is 0 Å². The van der Waals surface area contributed by atoms with Gasteiger partial charge < -0.3 is 27.4 Å². The molecule has 0 radical (unpaired) electrons. The summed E-state index contributed by atoms with van der Waals surface area (Å²) in [6.07, 6.45) is -0.0758. The van der Waals surface area contributed by atoms with E-state index in [1.807, 2.05) is 6.92 Å². The minimum Gasteiger partial charge on any atom is -0.481 e. The Morgan fingerprint density at radius 2 is 1.02 bits per heavy atom. The van der Waals surface area contributed by atoms with E-state index < -0.39 is 30.7 Å². The van der Waals surface area contributed by atoms with E-state index in [0.29, 0.717) is 33.0 Å². The van der Waals surface area contributed by atoms with E-state index in [1.54, 1.807) is 44.2 Å². The summed E-state index contributed by atoms with van der Waals surface area (Å²) in [6, 6.07) is 18.0. The fourth-order valence-corrected chi connectivity index (χ4v) is 5.46. The van der Waals surface area contributed by atoms with E-state index in [-0.39, 0.29) is 29.1 Å². The number of hydrogen-bond donors (Lipinski definition) is 2. The molecule has 2 N–H and O–H groups in total. The normalized spacial score (nSPS) is 11.3. The number of carbonyl (C=O) groups is 1. The van der Waals surface area contributed by atoms with Crippen LogP contribution < -0.4 is 25.9 Å². The van der Waals surface area contributed by atoms with Gasteiger partial charge in [0.05, 0.1) is 6.42 Å². The SMILES string of the molecule is Cc1cc(=O)oc2cc(CC(=O)O)ccc12.Cc1cc(=O)oc2cc(OP(=O)(O)Oc3ccc4c(C)cc(=O)oc4c3)ccc12. The average Bonchev–Trinajstić information content (AvgIpc) is 2.91. The van der Waals surface area contributed by atoms with Crippen LogP contribution in [0, 0.1) is 20.8 Å². The zero-order valence-electron chi connectivity index (χ0n) is 24.1. The van der Waals surface area contributed by atoms with Crippen molar-refractivity contribution >= 4 is 46.7 Å². The first-order valence-electron chi connectivity index (χ1n) is 13.3. The van der Waals surface area contributed by atoms with Crippen LogP contribution in [-0.4, -0.2) is 16.0 Å². The Kier molecular flexibility index (Phi) is 8.45. The Morgan fingerprint density at radius 3 is 1.42 bits per heavy atom. The number of carboxylic acid groups (broad SMARTS) is 1. The van der Waals surface area contributed by atoms with Gasteiger partial charge in [0.2, 0.25) is 0 Å². The van der Waals surface area contributed by atoms with Gasteiger partial charge in [-0.15, -0.1) is 0 Å². The second kappa shape index (κ2) is 12.3. The fraction of sp³-hybridized carbons (Fsp3) is 0.125. The van der Waals surface area contributed by atoms with Gasteiger partial charge in [-0.3, -0.25) is 9.69 Å². The summed E-state index contributed by atoms with van der Waals surface area (Å²) in [5, 5.41) is 10.8. The summed E-state index contributed by atoms with van der Waals surface area (Å²) in [5.41, 5.74) is 2.24. The molecule has 0 bridgehead atoms. The number of fused-ring (bicyclic) bond motifs is 3. The van der Waals surface area contributed by atoms with Gasteiger partial charge in [0.25, 0.3) is 0 Å². The summed E-state index contributed by atoms with van der Waals surface area (Å²) in [6.45, 7) is 5.31. The molecule has 6 aromatic rings. The molecule has 0 aliphatic carbocycles. The van der Waals surface area contributed by atoms with Crippen molar-refractivity contribution in [3.63, 3.8) is 0 Å². The highest BCUT2D eigenvalue weighted by atomic mass is 31.2. The molecule has 3 aromatic carbocycles. The predicted molar refractivity (Wildman–Crippen MR) is 164 cm³/mol. The molecule has 6 rings (SSSR count). The van der Waals surface area contributed by atoms with Gasteiger partial charge in [-0.2, -0.15) is 0 Å². The average molecular weight is 633 g/mol. The van der Waals surface area contributed by atoms with Gasteiger partial charge in [0.15, 0.2) is 0 Å². The van der Waals surface area contributed by atoms with Gasteiger partial charge in [0, 0.05) is 46.5 Å². The second-order valence-electron chi connectivity index (χ2n) is 10.1. The van der Waals surface area contributed by atoms with Crippen molar-refractivity contribution < 1.29 is 41.7 Å². The van der Waals surface area contributed by atoms with Crippen molar-refractivity contribution in [1.29, 1.82) is 0 Å². The molecule has 45 heavy (non-hydrogen) atoms. The van der Waals surface area contributed by atoms with Gasteiger partial charge in [-0.1, -0.05) is 12.1 Å². The molecular formula is C32H25O12P. The second-order valence-corrected chi connectivity index (χ2v) is 11.4. The monoisotopic (exact) mass is 632 g/mol. The zero-order chi connectivity index (χ0) is 32.5. The number of carboxylic acids is 1. The Labute approximate surface area is 253 Å². The van der Waals surface area contributed by atoms with E-state index in [9.17, 15) is 28.6 Å². The first-order chi connectivity index (χ1) is 21.3.